The summed E-state index contributed by atoms with van der Waals surface area (Å²) in [7, 11) is -2.72. The van der Waals surface area contributed by atoms with Crippen LogP contribution in [0.5, 0.6) is 0 Å². The molecule has 0 aliphatic carbocycles. The fraction of sp³-hybridized carbons (Fsp3) is 0.310. The van der Waals surface area contributed by atoms with Crippen molar-refractivity contribution in [3.05, 3.63) is 93.7 Å². The number of nitrogens with zero attached hydrogens (tertiary/aromatic N) is 3. The lowest BCUT2D eigenvalue weighted by Gasteiger charge is -2.35. The predicted octanol–water partition coefficient (Wildman–Crippen LogP) is 4.60. The molecule has 0 N–H and O–H groups in total. The molecule has 0 radical (unpaired) electrons. The zero-order valence-electron chi connectivity index (χ0n) is 22.2. The van der Waals surface area contributed by atoms with Crippen LogP contribution in [0.25, 0.3) is 0 Å². The molecular formula is C29H28Cl2FN3O5S. The highest BCUT2D eigenvalue weighted by molar-refractivity contribution is 7.89. The maximum absolute atomic E-state index is 13.6. The summed E-state index contributed by atoms with van der Waals surface area (Å²) in [5, 5.41) is 0.466. The summed E-state index contributed by atoms with van der Waals surface area (Å²) in [6.07, 6.45) is 0.322. The van der Waals surface area contributed by atoms with Gasteiger partial charge in [-0.1, -0.05) is 35.3 Å². The molecule has 0 aromatic heterocycles. The number of ether oxygens (including phenoxy) is 1. The van der Waals surface area contributed by atoms with E-state index < -0.39 is 27.3 Å². The Balaban J connectivity index is 1.35. The first-order valence-corrected chi connectivity index (χ1v) is 15.2. The average Bonchev–Trinajstić information content (AvgIpc) is 3.44. The lowest BCUT2D eigenvalue weighted by molar-refractivity contribution is -0.147. The van der Waals surface area contributed by atoms with Gasteiger partial charge < -0.3 is 14.5 Å². The first-order valence-electron chi connectivity index (χ1n) is 13.0. The molecule has 3 aromatic carbocycles. The molecule has 12 heteroatoms. The number of anilines is 1. The van der Waals surface area contributed by atoms with Crippen molar-refractivity contribution in [3.8, 4) is 0 Å². The second-order valence-corrected chi connectivity index (χ2v) is 12.8. The molecular weight excluding hydrogens is 592 g/mol. The zero-order valence-corrected chi connectivity index (χ0v) is 24.6. The van der Waals surface area contributed by atoms with Crippen molar-refractivity contribution in [1.82, 2.24) is 9.21 Å². The van der Waals surface area contributed by atoms with Crippen molar-refractivity contribution in [2.75, 3.05) is 51.3 Å². The molecule has 1 unspecified atom stereocenters. The Labute approximate surface area is 248 Å². The molecule has 41 heavy (non-hydrogen) atoms. The number of benzene rings is 3. The van der Waals surface area contributed by atoms with E-state index in [-0.39, 0.29) is 47.5 Å². The van der Waals surface area contributed by atoms with E-state index in [2.05, 4.69) is 0 Å². The van der Waals surface area contributed by atoms with Gasteiger partial charge in [-0.15, -0.1) is 0 Å². The van der Waals surface area contributed by atoms with Crippen molar-refractivity contribution >= 4 is 50.8 Å². The van der Waals surface area contributed by atoms with E-state index in [4.69, 9.17) is 27.9 Å². The third kappa shape index (κ3) is 5.66. The van der Waals surface area contributed by atoms with E-state index >= 15 is 0 Å². The van der Waals surface area contributed by atoms with Gasteiger partial charge in [-0.3, -0.25) is 9.59 Å². The van der Waals surface area contributed by atoms with Crippen LogP contribution >= 0.6 is 23.2 Å². The van der Waals surface area contributed by atoms with E-state index in [0.717, 1.165) is 5.69 Å². The van der Waals surface area contributed by atoms with Crippen LogP contribution < -0.4 is 4.90 Å². The summed E-state index contributed by atoms with van der Waals surface area (Å²) >= 11 is 12.5. The number of halogens is 3. The van der Waals surface area contributed by atoms with Gasteiger partial charge in [0.1, 0.15) is 16.1 Å². The second-order valence-electron chi connectivity index (χ2n) is 10.1. The Kier molecular flexibility index (Phi) is 8.29. The number of carbonyl (C=O) groups excluding carboxylic acids is 2. The van der Waals surface area contributed by atoms with Crippen molar-refractivity contribution in [2.45, 2.75) is 16.7 Å². The van der Waals surface area contributed by atoms with Crippen LogP contribution in [0.1, 0.15) is 22.3 Å². The highest BCUT2D eigenvalue weighted by Crippen LogP contribution is 2.38. The SMILES string of the molecule is COC(=O)C1(c2cccc(Cl)c2)CCN(C(=O)c2ccc(Cl)c(S(=O)(=O)N3CCN(c4ccc(F)cc4)CC3)c2)C1. The third-order valence-electron chi connectivity index (χ3n) is 7.74. The number of methoxy groups -OCH3 is 1. The largest absolute Gasteiger partial charge is 0.468 e. The molecule has 1 atom stereocenters. The summed E-state index contributed by atoms with van der Waals surface area (Å²) in [6.45, 7) is 1.52. The summed E-state index contributed by atoms with van der Waals surface area (Å²) < 4.78 is 47.0. The lowest BCUT2D eigenvalue weighted by atomic mass is 9.79. The van der Waals surface area contributed by atoms with Crippen LogP contribution in [0.2, 0.25) is 10.0 Å². The Morgan fingerprint density at radius 1 is 0.927 bits per heavy atom. The highest BCUT2D eigenvalue weighted by Gasteiger charge is 2.48. The molecule has 0 spiro atoms. The summed E-state index contributed by atoms with van der Waals surface area (Å²) in [6, 6.07) is 17.1. The fourth-order valence-corrected chi connectivity index (χ4v) is 7.59. The van der Waals surface area contributed by atoms with Gasteiger partial charge in [-0.2, -0.15) is 4.31 Å². The average molecular weight is 621 g/mol. The molecule has 8 nitrogen and oxygen atoms in total. The van der Waals surface area contributed by atoms with Gasteiger partial charge in [0.05, 0.1) is 12.1 Å². The van der Waals surface area contributed by atoms with Crippen LogP contribution in [0.3, 0.4) is 0 Å². The molecule has 1 amide bonds. The Hall–Kier alpha value is -3.18. The predicted molar refractivity (Wildman–Crippen MR) is 154 cm³/mol. The molecule has 3 aromatic rings. The number of sulfonamides is 1. The number of rotatable bonds is 6. The van der Waals surface area contributed by atoms with E-state index in [1.54, 1.807) is 36.4 Å². The molecule has 5 rings (SSSR count). The Morgan fingerprint density at radius 3 is 2.29 bits per heavy atom. The quantitative estimate of drug-likeness (QED) is 0.375. The molecule has 0 bridgehead atoms. The van der Waals surface area contributed by atoms with E-state index in [9.17, 15) is 22.4 Å². The first kappa shape index (κ1) is 29.3. The van der Waals surface area contributed by atoms with Crippen molar-refractivity contribution in [3.63, 3.8) is 0 Å². The molecule has 2 aliphatic rings. The Bertz CT molecular complexity index is 1580. The Morgan fingerprint density at radius 2 is 1.63 bits per heavy atom. The molecule has 216 valence electrons. The van der Waals surface area contributed by atoms with E-state index in [1.165, 1.54) is 46.6 Å². The minimum Gasteiger partial charge on any atom is -0.468 e. The van der Waals surface area contributed by atoms with Crippen molar-refractivity contribution < 1.29 is 27.1 Å². The third-order valence-corrected chi connectivity index (χ3v) is 10.4. The van der Waals surface area contributed by atoms with Crippen LogP contribution in [0.15, 0.2) is 71.6 Å². The van der Waals surface area contributed by atoms with Gasteiger partial charge in [0.25, 0.3) is 5.91 Å². The monoisotopic (exact) mass is 619 g/mol. The number of likely N-dealkylation sites (tertiary alicyclic amines) is 1. The molecule has 2 heterocycles. The van der Waals surface area contributed by atoms with Gasteiger partial charge in [0, 0.05) is 55.5 Å². The number of amides is 1. The lowest BCUT2D eigenvalue weighted by Crippen LogP contribution is -2.48. The minimum atomic E-state index is -4.02. The number of hydrogen-bond donors (Lipinski definition) is 0. The van der Waals surface area contributed by atoms with Gasteiger partial charge in [0.15, 0.2) is 0 Å². The van der Waals surface area contributed by atoms with E-state index in [1.807, 2.05) is 4.90 Å². The highest BCUT2D eigenvalue weighted by atomic mass is 35.5. The molecule has 0 saturated carbocycles. The smallest absolute Gasteiger partial charge is 0.318 e. The normalized spacial score (nSPS) is 19.8. The van der Waals surface area contributed by atoms with E-state index in [0.29, 0.717) is 30.1 Å². The zero-order chi connectivity index (χ0) is 29.4. The van der Waals surface area contributed by atoms with Crippen LogP contribution in [-0.2, 0) is 25.0 Å². The number of hydrogen-bond acceptors (Lipinski definition) is 6. The minimum absolute atomic E-state index is 0.00627. The van der Waals surface area contributed by atoms with Crippen LogP contribution in [-0.4, -0.2) is 75.9 Å². The van der Waals surface area contributed by atoms with Gasteiger partial charge in [-0.25, -0.2) is 12.8 Å². The van der Waals surface area contributed by atoms with Gasteiger partial charge >= 0.3 is 5.97 Å². The maximum Gasteiger partial charge on any atom is 0.318 e. The first-order chi connectivity index (χ1) is 19.5. The number of carbonyl (C=O) groups is 2. The molecule has 2 aliphatic heterocycles. The van der Waals surface area contributed by atoms with Crippen LogP contribution in [0.4, 0.5) is 10.1 Å². The number of piperazine rings is 1. The molecule has 2 fully saturated rings. The number of esters is 1. The van der Waals surface area contributed by atoms with Gasteiger partial charge in [-0.05, 0) is 66.6 Å². The standard InChI is InChI=1S/C29H28Cl2FN3O5S/c1-40-28(37)29(21-3-2-4-22(30)18-21)11-12-34(19-29)27(36)20-5-10-25(31)26(17-20)41(38,39)35-15-13-33(14-16-35)24-8-6-23(32)7-9-24/h2-10,17-18H,11-16,19H2,1H3. The topological polar surface area (TPSA) is 87.2 Å². The maximum atomic E-state index is 13.6. The van der Waals surface area contributed by atoms with Crippen molar-refractivity contribution in [1.29, 1.82) is 0 Å². The fourth-order valence-electron chi connectivity index (χ4n) is 5.48. The van der Waals surface area contributed by atoms with Crippen molar-refractivity contribution in [2.24, 2.45) is 0 Å². The molecule has 2 saturated heterocycles. The second kappa shape index (κ2) is 11.6. The summed E-state index contributed by atoms with van der Waals surface area (Å²) in [5.74, 6) is -1.24. The van der Waals surface area contributed by atoms with Crippen LogP contribution in [0, 0.1) is 5.82 Å². The summed E-state index contributed by atoms with van der Waals surface area (Å²) in [4.78, 5) is 29.9. The van der Waals surface area contributed by atoms with Gasteiger partial charge in [0.2, 0.25) is 10.0 Å². The summed E-state index contributed by atoms with van der Waals surface area (Å²) in [5.41, 5.74) is 0.498.